The zero-order valence-corrected chi connectivity index (χ0v) is 11.2. The van der Waals surface area contributed by atoms with Gasteiger partial charge in [0.1, 0.15) is 5.69 Å². The molecule has 0 aliphatic carbocycles. The lowest BCUT2D eigenvalue weighted by Crippen LogP contribution is -2.22. The van der Waals surface area contributed by atoms with Crippen LogP contribution in [0.1, 0.15) is 21.6 Å². The van der Waals surface area contributed by atoms with Gasteiger partial charge in [0.05, 0.1) is 12.2 Å². The smallest absolute Gasteiger partial charge is 0.296 e. The predicted octanol–water partition coefficient (Wildman–Crippen LogP) is -0.145. The van der Waals surface area contributed by atoms with Crippen LogP contribution in [-0.2, 0) is 0 Å². The number of aryl methyl sites for hydroxylation is 1. The van der Waals surface area contributed by atoms with E-state index in [4.69, 9.17) is 12.2 Å². The van der Waals surface area contributed by atoms with E-state index in [1.807, 2.05) is 0 Å². The molecule has 0 aliphatic rings. The molecular formula is C12H9N4O3S-. The van der Waals surface area contributed by atoms with Crippen molar-refractivity contribution in [1.29, 1.82) is 0 Å². The van der Waals surface area contributed by atoms with Crippen LogP contribution in [0.2, 0.25) is 0 Å². The van der Waals surface area contributed by atoms with Crippen molar-refractivity contribution < 1.29 is 9.90 Å². The molecule has 8 heteroatoms. The van der Waals surface area contributed by atoms with Crippen LogP contribution >= 0.6 is 12.2 Å². The molecule has 0 bridgehead atoms. The summed E-state index contributed by atoms with van der Waals surface area (Å²) in [6, 6.07) is 5.86. The van der Waals surface area contributed by atoms with Gasteiger partial charge in [-0.25, -0.2) is 0 Å². The van der Waals surface area contributed by atoms with Crippen LogP contribution in [0.25, 0.3) is 0 Å². The zero-order valence-electron chi connectivity index (χ0n) is 10.4. The average molecular weight is 289 g/mol. The molecule has 1 aromatic heterocycles. The molecule has 7 nitrogen and oxygen atoms in total. The lowest BCUT2D eigenvalue weighted by atomic mass is 10.1. The summed E-state index contributed by atoms with van der Waals surface area (Å²) in [5.74, 6) is -1.25. The van der Waals surface area contributed by atoms with E-state index in [1.165, 1.54) is 25.3 Å². The first-order valence-electron chi connectivity index (χ1n) is 5.53. The Morgan fingerprint density at radius 2 is 2.10 bits per heavy atom. The Balaban J connectivity index is 2.35. The van der Waals surface area contributed by atoms with Crippen molar-refractivity contribution in [2.45, 2.75) is 6.92 Å². The van der Waals surface area contributed by atoms with Gasteiger partial charge in [0, 0.05) is 0 Å². The summed E-state index contributed by atoms with van der Waals surface area (Å²) >= 11 is 4.91. The first-order chi connectivity index (χ1) is 9.49. The molecule has 0 spiro atoms. The van der Waals surface area contributed by atoms with Crippen LogP contribution in [-0.4, -0.2) is 27.1 Å². The second-order valence-corrected chi connectivity index (χ2v) is 4.27. The van der Waals surface area contributed by atoms with E-state index in [-0.39, 0.29) is 16.0 Å². The molecule has 1 aromatic carbocycles. The molecule has 0 amide bonds. The summed E-state index contributed by atoms with van der Waals surface area (Å²) < 4.78 is 1.08. The highest BCUT2D eigenvalue weighted by Gasteiger charge is 2.00. The first-order valence-corrected chi connectivity index (χ1v) is 5.94. The Morgan fingerprint density at radius 3 is 2.70 bits per heavy atom. The number of hydrogen-bond acceptors (Lipinski definition) is 6. The maximum absolute atomic E-state index is 11.8. The molecule has 2 aromatic rings. The fourth-order valence-corrected chi connectivity index (χ4v) is 1.58. The number of carboxylic acids is 1. The fraction of sp³-hybridized carbons (Fsp3) is 0.0833. The van der Waals surface area contributed by atoms with E-state index in [0.29, 0.717) is 5.56 Å². The Kier molecular flexibility index (Phi) is 3.85. The number of carboxylic acid groups (broad SMARTS) is 1. The van der Waals surface area contributed by atoms with E-state index in [1.54, 1.807) is 12.1 Å². The number of carbonyl (C=O) groups is 1. The standard InChI is InChI=1S/C12H10N4O3S/c1-7-10(17)16(12(20)15-14-7)13-6-8-2-4-9(5-3-8)11(18)19/h2-6H,1H3,(H,15,20)(H,18,19)/p-1. The molecule has 0 radical (unpaired) electrons. The summed E-state index contributed by atoms with van der Waals surface area (Å²) in [5.41, 5.74) is 0.501. The quantitative estimate of drug-likeness (QED) is 0.625. The van der Waals surface area contributed by atoms with Crippen molar-refractivity contribution in [2.75, 3.05) is 0 Å². The number of benzene rings is 1. The van der Waals surface area contributed by atoms with Gasteiger partial charge in [-0.15, -0.1) is 0 Å². The number of hydrogen-bond donors (Lipinski definition) is 1. The third kappa shape index (κ3) is 2.86. The van der Waals surface area contributed by atoms with Gasteiger partial charge >= 0.3 is 0 Å². The molecular weight excluding hydrogens is 280 g/mol. The van der Waals surface area contributed by atoms with Crippen molar-refractivity contribution in [3.8, 4) is 0 Å². The van der Waals surface area contributed by atoms with Gasteiger partial charge in [0.15, 0.2) is 0 Å². The number of aromatic carboxylic acids is 1. The SMILES string of the molecule is Cc1n[nH]c(=S)n(N=Cc2ccc(C(=O)[O-])cc2)c1=O. The fourth-order valence-electron chi connectivity index (χ4n) is 1.41. The number of aromatic nitrogens is 3. The van der Waals surface area contributed by atoms with Crippen molar-refractivity contribution in [3.05, 3.63) is 56.2 Å². The topological polar surface area (TPSA) is 103 Å². The molecule has 1 N–H and O–H groups in total. The Labute approximate surface area is 118 Å². The zero-order chi connectivity index (χ0) is 14.7. The van der Waals surface area contributed by atoms with Crippen LogP contribution in [0.15, 0.2) is 34.2 Å². The number of H-pyrrole nitrogens is 1. The van der Waals surface area contributed by atoms with E-state index >= 15 is 0 Å². The van der Waals surface area contributed by atoms with Crippen LogP contribution in [0.3, 0.4) is 0 Å². The maximum Gasteiger partial charge on any atom is 0.296 e. The molecule has 0 aliphatic heterocycles. The van der Waals surface area contributed by atoms with Gasteiger partial charge in [-0.3, -0.25) is 9.89 Å². The van der Waals surface area contributed by atoms with E-state index in [2.05, 4.69) is 15.3 Å². The Bertz CT molecular complexity index is 790. The van der Waals surface area contributed by atoms with E-state index in [0.717, 1.165) is 4.68 Å². The second kappa shape index (κ2) is 5.57. The molecule has 0 fully saturated rings. The summed E-state index contributed by atoms with van der Waals surface area (Å²) in [5, 5.41) is 20.8. The number of carbonyl (C=O) groups excluding carboxylic acids is 1. The van der Waals surface area contributed by atoms with E-state index < -0.39 is 11.5 Å². The molecule has 0 saturated heterocycles. The van der Waals surface area contributed by atoms with Gasteiger partial charge in [0.25, 0.3) is 5.56 Å². The maximum atomic E-state index is 11.8. The third-order valence-electron chi connectivity index (χ3n) is 2.48. The first kappa shape index (κ1) is 13.8. The normalized spacial score (nSPS) is 10.8. The van der Waals surface area contributed by atoms with Gasteiger partial charge in [-0.1, -0.05) is 24.3 Å². The summed E-state index contributed by atoms with van der Waals surface area (Å²) in [7, 11) is 0. The van der Waals surface area contributed by atoms with Gasteiger partial charge < -0.3 is 9.90 Å². The lowest BCUT2D eigenvalue weighted by molar-refractivity contribution is -0.255. The van der Waals surface area contributed by atoms with E-state index in [9.17, 15) is 14.7 Å². The van der Waals surface area contributed by atoms with Crippen LogP contribution in [0, 0.1) is 11.7 Å². The second-order valence-electron chi connectivity index (χ2n) is 3.89. The predicted molar refractivity (Wildman–Crippen MR) is 72.2 cm³/mol. The largest absolute Gasteiger partial charge is 0.545 e. The van der Waals surface area contributed by atoms with Crippen LogP contribution in [0.5, 0.6) is 0 Å². The average Bonchev–Trinajstić information content (AvgIpc) is 2.43. The number of aromatic amines is 1. The number of rotatable bonds is 3. The molecule has 0 saturated carbocycles. The van der Waals surface area contributed by atoms with Crippen molar-refractivity contribution in [2.24, 2.45) is 5.10 Å². The molecule has 102 valence electrons. The Hall–Kier alpha value is -2.61. The molecule has 2 rings (SSSR count). The highest BCUT2D eigenvalue weighted by molar-refractivity contribution is 7.71. The van der Waals surface area contributed by atoms with Gasteiger partial charge in [-0.2, -0.15) is 14.9 Å². The van der Waals surface area contributed by atoms with Gasteiger partial charge in [0.2, 0.25) is 4.77 Å². The van der Waals surface area contributed by atoms with Crippen molar-refractivity contribution >= 4 is 24.4 Å². The van der Waals surface area contributed by atoms with Gasteiger partial charge in [-0.05, 0) is 30.3 Å². The molecule has 20 heavy (non-hydrogen) atoms. The minimum Gasteiger partial charge on any atom is -0.545 e. The van der Waals surface area contributed by atoms with Crippen molar-refractivity contribution in [3.63, 3.8) is 0 Å². The molecule has 0 atom stereocenters. The number of nitrogens with one attached hydrogen (secondary N) is 1. The minimum atomic E-state index is -1.25. The summed E-state index contributed by atoms with van der Waals surface area (Å²) in [6.45, 7) is 1.54. The van der Waals surface area contributed by atoms with Crippen molar-refractivity contribution in [1.82, 2.24) is 14.9 Å². The summed E-state index contributed by atoms with van der Waals surface area (Å²) in [4.78, 5) is 22.4. The third-order valence-corrected chi connectivity index (χ3v) is 2.75. The Morgan fingerprint density at radius 1 is 1.45 bits per heavy atom. The lowest BCUT2D eigenvalue weighted by Gasteiger charge is -2.02. The highest BCUT2D eigenvalue weighted by atomic mass is 32.1. The summed E-state index contributed by atoms with van der Waals surface area (Å²) in [6.07, 6.45) is 1.39. The minimum absolute atomic E-state index is 0.0661. The monoisotopic (exact) mass is 289 g/mol. The number of nitrogens with zero attached hydrogens (tertiary/aromatic N) is 3. The molecule has 0 unspecified atom stereocenters. The molecule has 1 heterocycles. The van der Waals surface area contributed by atoms with Crippen LogP contribution < -0.4 is 10.7 Å². The highest BCUT2D eigenvalue weighted by Crippen LogP contribution is 2.01. The van der Waals surface area contributed by atoms with Crippen LogP contribution in [0.4, 0.5) is 0 Å².